The Hall–Kier alpha value is -0.940. The van der Waals surface area contributed by atoms with Crippen LogP contribution in [-0.4, -0.2) is 4.98 Å². The summed E-state index contributed by atoms with van der Waals surface area (Å²) < 4.78 is 0.915. The van der Waals surface area contributed by atoms with Crippen molar-refractivity contribution >= 4 is 27.5 Å². The van der Waals surface area contributed by atoms with Crippen LogP contribution in [0.3, 0.4) is 0 Å². The Bertz CT molecular complexity index is 560. The Labute approximate surface area is 119 Å². The summed E-state index contributed by atoms with van der Waals surface area (Å²) >= 11 is 9.54. The fraction of sp³-hybridized carbons (Fsp3) is 0.154. The summed E-state index contributed by atoms with van der Waals surface area (Å²) in [5.74, 6) is 5.64. The molecule has 0 fully saturated rings. The number of nitrogens with two attached hydrogens (primary N) is 1. The van der Waals surface area contributed by atoms with Gasteiger partial charge in [0.1, 0.15) is 0 Å². The lowest BCUT2D eigenvalue weighted by Crippen LogP contribution is -2.29. The molecule has 1 atom stereocenters. The van der Waals surface area contributed by atoms with Gasteiger partial charge in [-0.15, -0.1) is 0 Å². The highest BCUT2D eigenvalue weighted by Crippen LogP contribution is 2.26. The second-order valence-corrected chi connectivity index (χ2v) is 5.37. The Morgan fingerprint density at radius 1 is 1.28 bits per heavy atom. The van der Waals surface area contributed by atoms with Gasteiger partial charge >= 0.3 is 0 Å². The lowest BCUT2D eigenvalue weighted by atomic mass is 10.00. The Morgan fingerprint density at radius 3 is 2.67 bits per heavy atom. The number of benzene rings is 1. The molecule has 3 N–H and O–H groups in total. The summed E-state index contributed by atoms with van der Waals surface area (Å²) in [4.78, 5) is 4.14. The molecule has 1 heterocycles. The maximum Gasteiger partial charge on any atom is 0.0725 e. The second kappa shape index (κ2) is 5.80. The Morgan fingerprint density at radius 2 is 2.06 bits per heavy atom. The van der Waals surface area contributed by atoms with Gasteiger partial charge in [-0.3, -0.25) is 10.8 Å². The van der Waals surface area contributed by atoms with Gasteiger partial charge in [-0.05, 0) is 51.7 Å². The molecule has 3 nitrogen and oxygen atoms in total. The van der Waals surface area contributed by atoms with Gasteiger partial charge in [0.25, 0.3) is 0 Å². The van der Waals surface area contributed by atoms with E-state index in [2.05, 4.69) is 26.3 Å². The average Bonchev–Trinajstić information content (AvgIpc) is 2.35. The number of aryl methyl sites for hydroxylation is 1. The number of rotatable bonds is 3. The molecule has 2 aromatic rings. The third-order valence-electron chi connectivity index (χ3n) is 2.76. The molecule has 18 heavy (non-hydrogen) atoms. The van der Waals surface area contributed by atoms with Crippen molar-refractivity contribution in [2.75, 3.05) is 0 Å². The van der Waals surface area contributed by atoms with Gasteiger partial charge in [0, 0.05) is 21.9 Å². The Kier molecular flexibility index (Phi) is 4.35. The van der Waals surface area contributed by atoms with Gasteiger partial charge in [-0.2, -0.15) is 0 Å². The summed E-state index contributed by atoms with van der Waals surface area (Å²) in [5.41, 5.74) is 5.82. The minimum Gasteiger partial charge on any atom is -0.271 e. The summed E-state index contributed by atoms with van der Waals surface area (Å²) in [6.07, 6.45) is 3.52. The molecule has 0 aliphatic heterocycles. The minimum absolute atomic E-state index is 0.131. The highest BCUT2D eigenvalue weighted by molar-refractivity contribution is 9.10. The van der Waals surface area contributed by atoms with Crippen LogP contribution in [0.2, 0.25) is 5.02 Å². The maximum atomic E-state index is 6.14. The number of hydrazine groups is 1. The SMILES string of the molecule is Cc1ccc(C(NN)c2cncc(Br)c2)cc1Cl. The van der Waals surface area contributed by atoms with E-state index < -0.39 is 0 Å². The van der Waals surface area contributed by atoms with Crippen LogP contribution in [0.15, 0.2) is 41.1 Å². The average molecular weight is 327 g/mol. The van der Waals surface area contributed by atoms with Crippen LogP contribution < -0.4 is 11.3 Å². The van der Waals surface area contributed by atoms with E-state index in [1.165, 1.54) is 0 Å². The van der Waals surface area contributed by atoms with E-state index in [1.807, 2.05) is 31.2 Å². The summed E-state index contributed by atoms with van der Waals surface area (Å²) in [5, 5.41) is 0.732. The topological polar surface area (TPSA) is 50.9 Å². The smallest absolute Gasteiger partial charge is 0.0725 e. The fourth-order valence-corrected chi connectivity index (χ4v) is 2.33. The number of hydrogen-bond acceptors (Lipinski definition) is 3. The molecule has 1 aromatic heterocycles. The lowest BCUT2D eigenvalue weighted by Gasteiger charge is -2.17. The molecule has 0 spiro atoms. The molecule has 2 rings (SSSR count). The van der Waals surface area contributed by atoms with Gasteiger partial charge in [0.2, 0.25) is 0 Å². The number of nitrogens with zero attached hydrogens (tertiary/aromatic N) is 1. The molecule has 0 amide bonds. The maximum absolute atomic E-state index is 6.14. The highest BCUT2D eigenvalue weighted by atomic mass is 79.9. The molecule has 1 unspecified atom stereocenters. The second-order valence-electron chi connectivity index (χ2n) is 4.04. The van der Waals surface area contributed by atoms with Crippen LogP contribution >= 0.6 is 27.5 Å². The van der Waals surface area contributed by atoms with Crippen molar-refractivity contribution in [3.8, 4) is 0 Å². The van der Waals surface area contributed by atoms with Crippen LogP contribution in [0.25, 0.3) is 0 Å². The van der Waals surface area contributed by atoms with Gasteiger partial charge in [-0.25, -0.2) is 5.43 Å². The van der Waals surface area contributed by atoms with Crippen molar-refractivity contribution in [2.24, 2.45) is 5.84 Å². The van der Waals surface area contributed by atoms with E-state index in [0.717, 1.165) is 26.2 Å². The molecule has 5 heteroatoms. The predicted molar refractivity (Wildman–Crippen MR) is 77.3 cm³/mol. The third-order valence-corrected chi connectivity index (χ3v) is 3.60. The first-order valence-corrected chi connectivity index (χ1v) is 6.61. The van der Waals surface area contributed by atoms with Crippen molar-refractivity contribution in [1.29, 1.82) is 0 Å². The molecule has 0 saturated heterocycles. The van der Waals surface area contributed by atoms with E-state index in [-0.39, 0.29) is 6.04 Å². The number of nitrogens with one attached hydrogen (secondary N) is 1. The molecule has 0 aliphatic rings. The van der Waals surface area contributed by atoms with E-state index in [4.69, 9.17) is 17.4 Å². The summed E-state index contributed by atoms with van der Waals surface area (Å²) in [7, 11) is 0. The van der Waals surface area contributed by atoms with Crippen LogP contribution in [0.4, 0.5) is 0 Å². The highest BCUT2D eigenvalue weighted by Gasteiger charge is 2.14. The zero-order valence-corrected chi connectivity index (χ0v) is 12.2. The molecule has 0 bridgehead atoms. The monoisotopic (exact) mass is 325 g/mol. The quantitative estimate of drug-likeness (QED) is 0.672. The van der Waals surface area contributed by atoms with Gasteiger partial charge in [-0.1, -0.05) is 23.7 Å². The van der Waals surface area contributed by atoms with Crippen LogP contribution in [0.5, 0.6) is 0 Å². The minimum atomic E-state index is -0.131. The molecule has 0 saturated carbocycles. The lowest BCUT2D eigenvalue weighted by molar-refractivity contribution is 0.634. The van der Waals surface area contributed by atoms with E-state index in [9.17, 15) is 0 Å². The zero-order chi connectivity index (χ0) is 13.1. The van der Waals surface area contributed by atoms with Gasteiger partial charge in [0.05, 0.1) is 6.04 Å². The van der Waals surface area contributed by atoms with E-state index in [0.29, 0.717) is 0 Å². The van der Waals surface area contributed by atoms with Crippen molar-refractivity contribution in [1.82, 2.24) is 10.4 Å². The van der Waals surface area contributed by atoms with Crippen molar-refractivity contribution in [2.45, 2.75) is 13.0 Å². The standard InChI is InChI=1S/C13H13BrClN3/c1-8-2-3-9(5-12(8)15)13(18-16)10-4-11(14)7-17-6-10/h2-7,13,18H,16H2,1H3. The largest absolute Gasteiger partial charge is 0.271 e. The number of pyridine rings is 1. The number of halogens is 2. The molecular weight excluding hydrogens is 314 g/mol. The zero-order valence-electron chi connectivity index (χ0n) is 9.82. The number of aromatic nitrogens is 1. The van der Waals surface area contributed by atoms with Crippen molar-refractivity contribution in [3.05, 3.63) is 62.8 Å². The molecule has 94 valence electrons. The molecular formula is C13H13BrClN3. The fourth-order valence-electron chi connectivity index (χ4n) is 1.76. The number of hydrogen-bond donors (Lipinski definition) is 2. The molecule has 0 aliphatic carbocycles. The van der Waals surface area contributed by atoms with E-state index >= 15 is 0 Å². The normalized spacial score (nSPS) is 12.4. The summed E-state index contributed by atoms with van der Waals surface area (Å²) in [6.45, 7) is 1.97. The molecule has 0 radical (unpaired) electrons. The van der Waals surface area contributed by atoms with Crippen molar-refractivity contribution < 1.29 is 0 Å². The molecule has 1 aromatic carbocycles. The first kappa shape index (κ1) is 13.5. The van der Waals surface area contributed by atoms with Crippen LogP contribution in [0, 0.1) is 6.92 Å². The Balaban J connectivity index is 2.42. The summed E-state index contributed by atoms with van der Waals surface area (Å²) in [6, 6.07) is 7.75. The first-order valence-electron chi connectivity index (χ1n) is 5.44. The van der Waals surface area contributed by atoms with Crippen LogP contribution in [0.1, 0.15) is 22.7 Å². The van der Waals surface area contributed by atoms with Crippen LogP contribution in [-0.2, 0) is 0 Å². The third kappa shape index (κ3) is 2.90. The van der Waals surface area contributed by atoms with E-state index in [1.54, 1.807) is 12.4 Å². The van der Waals surface area contributed by atoms with Crippen molar-refractivity contribution in [3.63, 3.8) is 0 Å². The van der Waals surface area contributed by atoms with Gasteiger partial charge < -0.3 is 0 Å². The first-order chi connectivity index (χ1) is 8.61. The van der Waals surface area contributed by atoms with Gasteiger partial charge in [0.15, 0.2) is 0 Å². The predicted octanol–water partition coefficient (Wildman–Crippen LogP) is 3.36.